The molecule has 2 bridgehead atoms. The summed E-state index contributed by atoms with van der Waals surface area (Å²) in [6, 6.07) is 3.49. The monoisotopic (exact) mass is 560 g/mol. The number of carbonyl (C=O) groups is 2. The second-order valence-corrected chi connectivity index (χ2v) is 10.5. The number of phenolic OH excluding ortho intramolecular Hbond substituents is 2. The Kier molecular flexibility index (Phi) is 6.31. The number of aliphatic hydroxyl groups excluding tert-OH is 4. The van der Waals surface area contributed by atoms with E-state index in [0.717, 1.165) is 12.1 Å². The number of benzene rings is 2. The van der Waals surface area contributed by atoms with Crippen LogP contribution < -0.4 is 9.47 Å². The molecule has 8 atom stereocenters. The van der Waals surface area contributed by atoms with Crippen molar-refractivity contribution in [1.29, 1.82) is 0 Å². The molecule has 0 radical (unpaired) electrons. The van der Waals surface area contributed by atoms with E-state index < -0.39 is 78.4 Å². The van der Waals surface area contributed by atoms with Gasteiger partial charge in [0.1, 0.15) is 53.5 Å². The second kappa shape index (κ2) is 9.38. The molecule has 6 N–H and O–H groups in total. The van der Waals surface area contributed by atoms with Crippen molar-refractivity contribution in [2.45, 2.75) is 68.5 Å². The maximum atomic E-state index is 13.6. The number of phenols is 2. The van der Waals surface area contributed by atoms with E-state index in [-0.39, 0.29) is 39.3 Å². The number of hydrogen-bond donors (Lipinski definition) is 6. The molecule has 2 saturated heterocycles. The van der Waals surface area contributed by atoms with Gasteiger partial charge in [-0.1, -0.05) is 0 Å². The molecule has 40 heavy (non-hydrogen) atoms. The fourth-order valence-electron chi connectivity index (χ4n) is 5.89. The topological polar surface area (TPSA) is 202 Å². The van der Waals surface area contributed by atoms with Crippen LogP contribution in [0.1, 0.15) is 63.3 Å². The zero-order valence-electron chi connectivity index (χ0n) is 21.4. The second-order valence-electron chi connectivity index (χ2n) is 10.5. The largest absolute Gasteiger partial charge is 0.507 e. The van der Waals surface area contributed by atoms with Crippen LogP contribution >= 0.6 is 0 Å². The van der Waals surface area contributed by atoms with E-state index in [0.29, 0.717) is 12.8 Å². The molecule has 3 aliphatic heterocycles. The van der Waals surface area contributed by atoms with Crippen LogP contribution in [0.5, 0.6) is 23.0 Å². The van der Waals surface area contributed by atoms with Crippen LogP contribution in [0.3, 0.4) is 0 Å². The van der Waals surface area contributed by atoms with Gasteiger partial charge >= 0.3 is 0 Å². The summed E-state index contributed by atoms with van der Waals surface area (Å²) in [7, 11) is 1.28. The summed E-state index contributed by atoms with van der Waals surface area (Å²) in [4.78, 5) is 27.2. The van der Waals surface area contributed by atoms with E-state index in [2.05, 4.69) is 0 Å². The Morgan fingerprint density at radius 3 is 2.45 bits per heavy atom. The zero-order chi connectivity index (χ0) is 28.7. The molecule has 2 aromatic carbocycles. The summed E-state index contributed by atoms with van der Waals surface area (Å²) in [5, 5.41) is 62.9. The first-order valence-electron chi connectivity index (χ1n) is 12.7. The van der Waals surface area contributed by atoms with Crippen molar-refractivity contribution in [3.8, 4) is 23.0 Å². The van der Waals surface area contributed by atoms with Crippen LogP contribution in [-0.4, -0.2) is 98.5 Å². The Balaban J connectivity index is 1.38. The van der Waals surface area contributed by atoms with E-state index >= 15 is 0 Å². The Morgan fingerprint density at radius 1 is 1.02 bits per heavy atom. The molecule has 214 valence electrons. The highest BCUT2D eigenvalue weighted by Gasteiger charge is 2.50. The fourth-order valence-corrected chi connectivity index (χ4v) is 5.89. The number of carbonyl (C=O) groups excluding carboxylic acids is 2. The van der Waals surface area contributed by atoms with Crippen molar-refractivity contribution < 1.29 is 63.9 Å². The van der Waals surface area contributed by atoms with Crippen molar-refractivity contribution in [3.63, 3.8) is 0 Å². The number of rotatable bonds is 4. The van der Waals surface area contributed by atoms with Crippen molar-refractivity contribution in [3.05, 3.63) is 46.0 Å². The minimum atomic E-state index is -1.62. The summed E-state index contributed by atoms with van der Waals surface area (Å²) in [5.74, 6) is -4.00. The number of ketones is 2. The zero-order valence-corrected chi connectivity index (χ0v) is 21.4. The van der Waals surface area contributed by atoms with Gasteiger partial charge in [0, 0.05) is 37.6 Å². The summed E-state index contributed by atoms with van der Waals surface area (Å²) < 4.78 is 28.0. The summed E-state index contributed by atoms with van der Waals surface area (Å²) >= 11 is 0. The van der Waals surface area contributed by atoms with Crippen molar-refractivity contribution >= 4 is 11.6 Å². The molecule has 2 aromatic rings. The van der Waals surface area contributed by atoms with Gasteiger partial charge in [-0.15, -0.1) is 0 Å². The number of aliphatic hydroxyl groups is 4. The minimum Gasteiger partial charge on any atom is -0.507 e. The molecule has 0 aromatic heterocycles. The van der Waals surface area contributed by atoms with Crippen LogP contribution in [0.4, 0.5) is 0 Å². The standard InChI is InChI=1S/C27H28O13/c1-27-4-3-12(29)24(40-27)18-14(39-27)7-11-17(21(18)33)20(32)16-10(19(11)31)5-9(6-13(16)30)37-26-23(35)22(34)25(36-2)15(8-28)38-26/h5-7,12,15,22-26,28-30,33-35H,3-4,8H2,1-2H3/t12-,15+,22+,23+,24+,25+,26+,27+/m1/s1. The van der Waals surface area contributed by atoms with E-state index in [4.69, 9.17) is 23.7 Å². The number of hydrogen-bond acceptors (Lipinski definition) is 13. The predicted octanol–water partition coefficient (Wildman–Crippen LogP) is 0.0270. The smallest absolute Gasteiger partial charge is 0.229 e. The predicted molar refractivity (Wildman–Crippen MR) is 130 cm³/mol. The summed E-state index contributed by atoms with van der Waals surface area (Å²) in [6.07, 6.45) is -7.99. The number of ether oxygens (including phenoxy) is 5. The first-order chi connectivity index (χ1) is 19.0. The van der Waals surface area contributed by atoms with Crippen LogP contribution in [0.15, 0.2) is 18.2 Å². The Labute approximate surface area is 227 Å². The van der Waals surface area contributed by atoms with Gasteiger partial charge in [0.25, 0.3) is 0 Å². The Bertz CT molecular complexity index is 1400. The number of aromatic hydroxyl groups is 2. The first-order valence-corrected chi connectivity index (χ1v) is 12.7. The molecule has 3 heterocycles. The molecule has 0 spiro atoms. The molecule has 6 rings (SSSR count). The third-order valence-corrected chi connectivity index (χ3v) is 7.91. The molecule has 0 amide bonds. The molecule has 13 nitrogen and oxygen atoms in total. The lowest BCUT2D eigenvalue weighted by molar-refractivity contribution is -0.281. The number of methoxy groups -OCH3 is 1. The lowest BCUT2D eigenvalue weighted by Crippen LogP contribution is -2.60. The lowest BCUT2D eigenvalue weighted by Gasteiger charge is -2.46. The molecule has 1 aliphatic carbocycles. The lowest BCUT2D eigenvalue weighted by atomic mass is 9.80. The van der Waals surface area contributed by atoms with Crippen molar-refractivity contribution in [2.75, 3.05) is 13.7 Å². The van der Waals surface area contributed by atoms with Crippen LogP contribution in [0.2, 0.25) is 0 Å². The van der Waals surface area contributed by atoms with E-state index in [1.165, 1.54) is 13.2 Å². The molecular weight excluding hydrogens is 532 g/mol. The van der Waals surface area contributed by atoms with Crippen LogP contribution in [0, 0.1) is 0 Å². The van der Waals surface area contributed by atoms with Crippen molar-refractivity contribution in [1.82, 2.24) is 0 Å². The van der Waals surface area contributed by atoms with E-state index in [1.807, 2.05) is 0 Å². The summed E-state index contributed by atoms with van der Waals surface area (Å²) in [5.41, 5.74) is -1.13. The third kappa shape index (κ3) is 3.89. The normalized spacial score (nSPS) is 34.4. The average molecular weight is 561 g/mol. The van der Waals surface area contributed by atoms with Crippen molar-refractivity contribution in [2.24, 2.45) is 0 Å². The van der Waals surface area contributed by atoms with Gasteiger partial charge in [0.05, 0.1) is 29.4 Å². The average Bonchev–Trinajstić information content (AvgIpc) is 2.91. The van der Waals surface area contributed by atoms with E-state index in [9.17, 15) is 40.2 Å². The van der Waals surface area contributed by atoms with Gasteiger partial charge in [-0.25, -0.2) is 0 Å². The highest BCUT2D eigenvalue weighted by molar-refractivity contribution is 6.30. The SMILES string of the molecule is CO[C@@H]1[C@@H](O)[C@H](O)[C@@H](Oc2cc(O)c3c(c2)C(=O)c2cc4c(c(O)c2C3=O)[C@H]2O[C@@](C)(CC[C@H]2O)O4)O[C@H]1CO. The van der Waals surface area contributed by atoms with Gasteiger partial charge in [0.2, 0.25) is 17.9 Å². The molecule has 0 saturated carbocycles. The molecule has 4 aliphatic rings. The first kappa shape index (κ1) is 26.9. The van der Waals surface area contributed by atoms with Crippen LogP contribution in [-0.2, 0) is 14.2 Å². The summed E-state index contributed by atoms with van der Waals surface area (Å²) in [6.45, 7) is 1.11. The fraction of sp³-hybridized carbons (Fsp3) is 0.481. The van der Waals surface area contributed by atoms with Gasteiger partial charge < -0.3 is 54.3 Å². The quantitative estimate of drug-likeness (QED) is 0.250. The molecule has 2 fully saturated rings. The third-order valence-electron chi connectivity index (χ3n) is 7.91. The Hall–Kier alpha value is -3.30. The molecular formula is C27H28O13. The van der Waals surface area contributed by atoms with Gasteiger partial charge in [-0.3, -0.25) is 9.59 Å². The minimum absolute atomic E-state index is 0.0438. The maximum absolute atomic E-state index is 13.6. The van der Waals surface area contributed by atoms with Gasteiger partial charge in [-0.2, -0.15) is 0 Å². The van der Waals surface area contributed by atoms with E-state index in [1.54, 1.807) is 6.92 Å². The highest BCUT2D eigenvalue weighted by Crippen LogP contribution is 2.53. The van der Waals surface area contributed by atoms with Gasteiger partial charge in [-0.05, 0) is 18.6 Å². The maximum Gasteiger partial charge on any atom is 0.229 e. The van der Waals surface area contributed by atoms with Crippen LogP contribution in [0.25, 0.3) is 0 Å². The molecule has 0 unspecified atom stereocenters. The highest BCUT2D eigenvalue weighted by atomic mass is 16.7. The number of fused-ring (bicyclic) bond motifs is 6. The van der Waals surface area contributed by atoms with Gasteiger partial charge in [0.15, 0.2) is 5.78 Å². The molecule has 13 heteroatoms. The Morgan fingerprint density at radius 2 is 1.75 bits per heavy atom.